The van der Waals surface area contributed by atoms with Crippen LogP contribution in [0.1, 0.15) is 18.6 Å². The molecule has 2 heterocycles. The molecule has 2 N–H and O–H groups in total. The maximum absolute atomic E-state index is 12.0. The summed E-state index contributed by atoms with van der Waals surface area (Å²) in [6.07, 6.45) is 3.62. The molecular weight excluding hydrogens is 306 g/mol. The van der Waals surface area contributed by atoms with Gasteiger partial charge in [-0.3, -0.25) is 0 Å². The Bertz CT molecular complexity index is 657. The first-order chi connectivity index (χ1) is 11.7. The Labute approximate surface area is 141 Å². The lowest BCUT2D eigenvalue weighted by molar-refractivity contribution is 0.233. The molecule has 0 spiro atoms. The van der Waals surface area contributed by atoms with Crippen LogP contribution in [0.4, 0.5) is 10.5 Å². The molecule has 0 saturated carbocycles. The Morgan fingerprint density at radius 2 is 2.29 bits per heavy atom. The van der Waals surface area contributed by atoms with Gasteiger partial charge in [-0.25, -0.2) is 4.79 Å². The molecule has 2 amide bonds. The van der Waals surface area contributed by atoms with Crippen molar-refractivity contribution in [2.75, 3.05) is 25.1 Å². The van der Waals surface area contributed by atoms with Crippen molar-refractivity contribution in [1.82, 2.24) is 10.6 Å². The lowest BCUT2D eigenvalue weighted by Gasteiger charge is -2.34. The maximum atomic E-state index is 12.0. The summed E-state index contributed by atoms with van der Waals surface area (Å²) in [5.41, 5.74) is 1.12. The van der Waals surface area contributed by atoms with Gasteiger partial charge in [0.2, 0.25) is 0 Å². The maximum Gasteiger partial charge on any atom is 0.315 e. The van der Waals surface area contributed by atoms with Crippen molar-refractivity contribution in [3.63, 3.8) is 0 Å². The fourth-order valence-corrected chi connectivity index (χ4v) is 2.95. The second-order valence-electron chi connectivity index (χ2n) is 5.89. The number of nitrogens with one attached hydrogen (secondary N) is 2. The second kappa shape index (κ2) is 7.77. The van der Waals surface area contributed by atoms with E-state index in [0.717, 1.165) is 43.1 Å². The summed E-state index contributed by atoms with van der Waals surface area (Å²) in [6.45, 7) is 2.17. The molecule has 128 valence electrons. The normalized spacial score (nSPS) is 17.4. The van der Waals surface area contributed by atoms with Gasteiger partial charge in [0.1, 0.15) is 11.5 Å². The zero-order valence-electron chi connectivity index (χ0n) is 13.8. The second-order valence-corrected chi connectivity index (χ2v) is 5.89. The van der Waals surface area contributed by atoms with Crippen molar-refractivity contribution in [3.8, 4) is 5.75 Å². The standard InChI is InChI=1S/C18H23N3O3/c1-23-16-7-2-6-15(11-16)21-9-3-5-14(13-21)20-18(22)19-12-17-8-4-10-24-17/h2,4,6-8,10-11,14H,3,5,9,12-13H2,1H3,(H2,19,20,22)/t14-/m1/s1. The molecule has 3 rings (SSSR count). The van der Waals surface area contributed by atoms with Gasteiger partial charge in [-0.1, -0.05) is 6.07 Å². The van der Waals surface area contributed by atoms with Crippen LogP contribution in [0.25, 0.3) is 0 Å². The van der Waals surface area contributed by atoms with E-state index in [1.165, 1.54) is 0 Å². The zero-order chi connectivity index (χ0) is 16.8. The van der Waals surface area contributed by atoms with Crippen LogP contribution in [-0.4, -0.2) is 32.3 Å². The van der Waals surface area contributed by atoms with Crippen LogP contribution in [-0.2, 0) is 6.54 Å². The highest BCUT2D eigenvalue weighted by molar-refractivity contribution is 5.74. The molecular formula is C18H23N3O3. The van der Waals surface area contributed by atoms with E-state index in [1.54, 1.807) is 13.4 Å². The molecule has 1 atom stereocenters. The summed E-state index contributed by atoms with van der Waals surface area (Å²) < 4.78 is 10.5. The van der Waals surface area contributed by atoms with Gasteiger partial charge < -0.3 is 24.7 Å². The number of hydrogen-bond donors (Lipinski definition) is 2. The lowest BCUT2D eigenvalue weighted by atomic mass is 10.0. The number of hydrogen-bond acceptors (Lipinski definition) is 4. The highest BCUT2D eigenvalue weighted by atomic mass is 16.5. The predicted molar refractivity (Wildman–Crippen MR) is 92.3 cm³/mol. The minimum absolute atomic E-state index is 0.126. The molecule has 24 heavy (non-hydrogen) atoms. The zero-order valence-corrected chi connectivity index (χ0v) is 13.8. The van der Waals surface area contributed by atoms with E-state index in [-0.39, 0.29) is 12.1 Å². The van der Waals surface area contributed by atoms with Gasteiger partial charge in [0.05, 0.1) is 19.9 Å². The van der Waals surface area contributed by atoms with Crippen LogP contribution in [0.5, 0.6) is 5.75 Å². The highest BCUT2D eigenvalue weighted by Crippen LogP contribution is 2.24. The van der Waals surface area contributed by atoms with Gasteiger partial charge in [0.15, 0.2) is 0 Å². The average Bonchev–Trinajstić information content (AvgIpc) is 3.14. The fraction of sp³-hybridized carbons (Fsp3) is 0.389. The molecule has 0 radical (unpaired) electrons. The van der Waals surface area contributed by atoms with E-state index >= 15 is 0 Å². The number of carbonyl (C=O) groups excluding carboxylic acids is 1. The van der Waals surface area contributed by atoms with E-state index in [1.807, 2.05) is 30.3 Å². The number of rotatable bonds is 5. The minimum Gasteiger partial charge on any atom is -0.497 e. The molecule has 6 nitrogen and oxygen atoms in total. The monoisotopic (exact) mass is 329 g/mol. The first-order valence-electron chi connectivity index (χ1n) is 8.20. The predicted octanol–water partition coefficient (Wildman–Crippen LogP) is 2.76. The Balaban J connectivity index is 1.52. The van der Waals surface area contributed by atoms with Gasteiger partial charge in [-0.2, -0.15) is 0 Å². The Morgan fingerprint density at radius 1 is 1.38 bits per heavy atom. The average molecular weight is 329 g/mol. The third-order valence-electron chi connectivity index (χ3n) is 4.18. The molecule has 1 saturated heterocycles. The van der Waals surface area contributed by atoms with Gasteiger partial charge >= 0.3 is 6.03 Å². The molecule has 1 aliphatic heterocycles. The Kier molecular flexibility index (Phi) is 5.25. The molecule has 1 aliphatic rings. The minimum atomic E-state index is -0.163. The molecule has 6 heteroatoms. The number of nitrogens with zero attached hydrogens (tertiary/aromatic N) is 1. The molecule has 1 aromatic heterocycles. The van der Waals surface area contributed by atoms with Crippen LogP contribution < -0.4 is 20.3 Å². The summed E-state index contributed by atoms with van der Waals surface area (Å²) in [4.78, 5) is 14.3. The van der Waals surface area contributed by atoms with Crippen molar-refractivity contribution in [1.29, 1.82) is 0 Å². The van der Waals surface area contributed by atoms with Crippen molar-refractivity contribution in [2.24, 2.45) is 0 Å². The number of urea groups is 1. The van der Waals surface area contributed by atoms with Crippen molar-refractivity contribution < 1.29 is 13.9 Å². The number of amides is 2. The van der Waals surface area contributed by atoms with E-state index in [9.17, 15) is 4.79 Å². The van der Waals surface area contributed by atoms with Gasteiger partial charge in [0, 0.05) is 30.9 Å². The summed E-state index contributed by atoms with van der Waals surface area (Å²) >= 11 is 0. The van der Waals surface area contributed by atoms with Crippen molar-refractivity contribution >= 4 is 11.7 Å². The van der Waals surface area contributed by atoms with E-state index < -0.39 is 0 Å². The van der Waals surface area contributed by atoms with E-state index in [0.29, 0.717) is 6.54 Å². The van der Waals surface area contributed by atoms with Crippen LogP contribution in [0.2, 0.25) is 0 Å². The molecule has 0 bridgehead atoms. The molecule has 2 aromatic rings. The van der Waals surface area contributed by atoms with Crippen molar-refractivity contribution in [2.45, 2.75) is 25.4 Å². The van der Waals surface area contributed by atoms with Crippen molar-refractivity contribution in [3.05, 3.63) is 48.4 Å². The third-order valence-corrected chi connectivity index (χ3v) is 4.18. The van der Waals surface area contributed by atoms with Crippen LogP contribution in [0.15, 0.2) is 47.1 Å². The number of methoxy groups -OCH3 is 1. The highest BCUT2D eigenvalue weighted by Gasteiger charge is 2.21. The molecule has 1 fully saturated rings. The molecule has 1 aromatic carbocycles. The largest absolute Gasteiger partial charge is 0.497 e. The number of ether oxygens (including phenoxy) is 1. The first kappa shape index (κ1) is 16.2. The van der Waals surface area contributed by atoms with Gasteiger partial charge in [0.25, 0.3) is 0 Å². The summed E-state index contributed by atoms with van der Waals surface area (Å²) in [5, 5.41) is 5.87. The molecule has 0 aliphatic carbocycles. The number of furan rings is 1. The lowest BCUT2D eigenvalue weighted by Crippen LogP contribution is -2.50. The summed E-state index contributed by atoms with van der Waals surface area (Å²) in [6, 6.07) is 11.6. The number of anilines is 1. The summed E-state index contributed by atoms with van der Waals surface area (Å²) in [5.74, 6) is 1.59. The Hall–Kier alpha value is -2.63. The molecule has 0 unspecified atom stereocenters. The first-order valence-corrected chi connectivity index (χ1v) is 8.20. The number of piperidine rings is 1. The van der Waals surface area contributed by atoms with E-state index in [2.05, 4.69) is 21.6 Å². The fourth-order valence-electron chi connectivity index (χ4n) is 2.95. The Morgan fingerprint density at radius 3 is 3.08 bits per heavy atom. The van der Waals surface area contributed by atoms with E-state index in [4.69, 9.17) is 9.15 Å². The summed E-state index contributed by atoms with van der Waals surface area (Å²) in [7, 11) is 1.67. The SMILES string of the molecule is COc1cccc(N2CCC[C@@H](NC(=O)NCc3ccco3)C2)c1. The number of carbonyl (C=O) groups is 1. The van der Waals surface area contributed by atoms with Gasteiger partial charge in [-0.15, -0.1) is 0 Å². The smallest absolute Gasteiger partial charge is 0.315 e. The van der Waals surface area contributed by atoms with Crippen LogP contribution in [0, 0.1) is 0 Å². The number of benzene rings is 1. The van der Waals surface area contributed by atoms with Gasteiger partial charge in [-0.05, 0) is 37.1 Å². The van der Waals surface area contributed by atoms with Crippen LogP contribution in [0.3, 0.4) is 0 Å². The quantitative estimate of drug-likeness (QED) is 0.885. The topological polar surface area (TPSA) is 66.7 Å². The third kappa shape index (κ3) is 4.22. The van der Waals surface area contributed by atoms with Crippen LogP contribution >= 0.6 is 0 Å².